The van der Waals surface area contributed by atoms with Crippen LogP contribution >= 0.6 is 11.6 Å². The molecule has 0 saturated carbocycles. The van der Waals surface area contributed by atoms with Gasteiger partial charge in [0.05, 0.1) is 11.2 Å². The van der Waals surface area contributed by atoms with Crippen molar-refractivity contribution in [2.24, 2.45) is 5.10 Å². The molecule has 0 heterocycles. The molecule has 0 saturated heterocycles. The van der Waals surface area contributed by atoms with E-state index in [1.54, 1.807) is 31.2 Å². The number of hydrazone groups is 1. The Kier molecular flexibility index (Phi) is 8.95. The zero-order chi connectivity index (χ0) is 22.8. The van der Waals surface area contributed by atoms with Crippen molar-refractivity contribution in [1.82, 2.24) is 10.7 Å². The maximum atomic E-state index is 13.2. The van der Waals surface area contributed by atoms with Gasteiger partial charge >= 0.3 is 11.8 Å². The smallest absolute Gasteiger partial charge is 0.329 e. The summed E-state index contributed by atoms with van der Waals surface area (Å²) in [5, 5.41) is 8.71. The van der Waals surface area contributed by atoms with Crippen molar-refractivity contribution in [3.8, 4) is 5.75 Å². The summed E-state index contributed by atoms with van der Waals surface area (Å²) >= 11 is 5.69. The number of carbonyl (C=O) groups is 3. The molecule has 10 heteroatoms. The molecule has 2 rings (SSSR count). The monoisotopic (exact) mass is 448 g/mol. The second-order valence-electron chi connectivity index (χ2n) is 6.49. The number of hydrogen-bond donors (Lipinski definition) is 3. The number of anilines is 1. The maximum Gasteiger partial charge on any atom is 0.329 e. The highest BCUT2D eigenvalue weighted by Crippen LogP contribution is 2.20. The minimum absolute atomic E-state index is 0.111. The van der Waals surface area contributed by atoms with Crippen LogP contribution in [0.3, 0.4) is 0 Å². The van der Waals surface area contributed by atoms with E-state index in [1.807, 2.05) is 6.92 Å². The number of amides is 3. The van der Waals surface area contributed by atoms with E-state index >= 15 is 0 Å². The van der Waals surface area contributed by atoms with Crippen molar-refractivity contribution in [3.63, 3.8) is 0 Å². The van der Waals surface area contributed by atoms with Crippen molar-refractivity contribution in [2.45, 2.75) is 26.3 Å². The van der Waals surface area contributed by atoms with Gasteiger partial charge in [-0.25, -0.2) is 9.82 Å². The summed E-state index contributed by atoms with van der Waals surface area (Å²) in [7, 11) is 0. The third-order valence-corrected chi connectivity index (χ3v) is 4.34. The largest absolute Gasteiger partial charge is 0.483 e. The molecule has 0 aliphatic carbocycles. The molecule has 0 radical (unpaired) electrons. The Hall–Kier alpha value is -3.46. The second-order valence-corrected chi connectivity index (χ2v) is 6.89. The SMILES string of the molecule is CC[C@H](C)NC(=O)C(=O)N/N=C\c1ccccc1OCC(=O)Nc1ccc(F)c(Cl)c1. The molecule has 3 amide bonds. The predicted molar refractivity (Wildman–Crippen MR) is 116 cm³/mol. The summed E-state index contributed by atoms with van der Waals surface area (Å²) in [6.45, 7) is 3.33. The highest BCUT2D eigenvalue weighted by Gasteiger charge is 2.14. The van der Waals surface area contributed by atoms with Gasteiger partial charge in [-0.2, -0.15) is 5.10 Å². The van der Waals surface area contributed by atoms with Gasteiger partial charge in [-0.3, -0.25) is 14.4 Å². The van der Waals surface area contributed by atoms with E-state index in [-0.39, 0.29) is 17.7 Å². The lowest BCUT2D eigenvalue weighted by Gasteiger charge is -2.10. The molecule has 0 aliphatic heterocycles. The van der Waals surface area contributed by atoms with Crippen molar-refractivity contribution in [2.75, 3.05) is 11.9 Å². The molecule has 1 atom stereocenters. The molecule has 164 valence electrons. The Morgan fingerprint density at radius 2 is 1.94 bits per heavy atom. The number of ether oxygens (including phenoxy) is 1. The van der Waals surface area contributed by atoms with Crippen molar-refractivity contribution < 1.29 is 23.5 Å². The average molecular weight is 449 g/mol. The van der Waals surface area contributed by atoms with Crippen LogP contribution in [-0.2, 0) is 14.4 Å². The summed E-state index contributed by atoms with van der Waals surface area (Å²) in [6.07, 6.45) is 1.98. The quantitative estimate of drug-likeness (QED) is 0.328. The number of para-hydroxylation sites is 1. The zero-order valence-electron chi connectivity index (χ0n) is 16.9. The van der Waals surface area contributed by atoms with Crippen LogP contribution < -0.4 is 20.8 Å². The second kappa shape index (κ2) is 11.7. The Bertz CT molecular complexity index is 984. The normalized spacial score (nSPS) is 11.6. The maximum absolute atomic E-state index is 13.2. The van der Waals surface area contributed by atoms with E-state index < -0.39 is 23.5 Å². The molecule has 0 unspecified atom stereocenters. The van der Waals surface area contributed by atoms with Gasteiger partial charge in [0.1, 0.15) is 11.6 Å². The first-order valence-electron chi connectivity index (χ1n) is 9.40. The van der Waals surface area contributed by atoms with Crippen LogP contribution in [0.15, 0.2) is 47.6 Å². The van der Waals surface area contributed by atoms with Crippen LogP contribution in [0.1, 0.15) is 25.8 Å². The highest BCUT2D eigenvalue weighted by molar-refractivity contribution is 6.35. The van der Waals surface area contributed by atoms with Gasteiger partial charge in [0, 0.05) is 17.3 Å². The van der Waals surface area contributed by atoms with Gasteiger partial charge in [0.15, 0.2) is 6.61 Å². The molecular formula is C21H22ClFN4O4. The zero-order valence-corrected chi connectivity index (χ0v) is 17.7. The van der Waals surface area contributed by atoms with Crippen LogP contribution in [0.2, 0.25) is 5.02 Å². The van der Waals surface area contributed by atoms with Crippen LogP contribution in [-0.4, -0.2) is 36.6 Å². The number of nitrogens with one attached hydrogen (secondary N) is 3. The fourth-order valence-corrected chi connectivity index (χ4v) is 2.42. The molecule has 0 aromatic heterocycles. The lowest BCUT2D eigenvalue weighted by Crippen LogP contribution is -2.41. The van der Waals surface area contributed by atoms with E-state index in [9.17, 15) is 18.8 Å². The van der Waals surface area contributed by atoms with E-state index in [0.29, 0.717) is 23.4 Å². The number of carbonyl (C=O) groups excluding carboxylic acids is 3. The summed E-state index contributed by atoms with van der Waals surface area (Å²) < 4.78 is 18.7. The minimum atomic E-state index is -0.896. The molecule has 0 aliphatic rings. The first-order chi connectivity index (χ1) is 14.8. The topological polar surface area (TPSA) is 109 Å². The van der Waals surface area contributed by atoms with Crippen LogP contribution in [0, 0.1) is 5.82 Å². The van der Waals surface area contributed by atoms with Gasteiger partial charge in [-0.15, -0.1) is 0 Å². The predicted octanol–water partition coefficient (Wildman–Crippen LogP) is 2.86. The molecule has 0 bridgehead atoms. The van der Waals surface area contributed by atoms with Gasteiger partial charge < -0.3 is 15.4 Å². The van der Waals surface area contributed by atoms with E-state index in [1.165, 1.54) is 18.3 Å². The first-order valence-corrected chi connectivity index (χ1v) is 9.78. The van der Waals surface area contributed by atoms with E-state index in [2.05, 4.69) is 21.2 Å². The van der Waals surface area contributed by atoms with Crippen LogP contribution in [0.5, 0.6) is 5.75 Å². The first kappa shape index (κ1) is 23.8. The third kappa shape index (κ3) is 7.71. The molecule has 0 fully saturated rings. The van der Waals surface area contributed by atoms with E-state index in [0.717, 1.165) is 6.07 Å². The number of halogens is 2. The fourth-order valence-electron chi connectivity index (χ4n) is 2.24. The summed E-state index contributed by atoms with van der Waals surface area (Å²) in [5.41, 5.74) is 2.94. The number of nitrogens with zero attached hydrogens (tertiary/aromatic N) is 1. The molecule has 31 heavy (non-hydrogen) atoms. The molecule has 2 aromatic rings. The average Bonchev–Trinajstić information content (AvgIpc) is 2.75. The summed E-state index contributed by atoms with van der Waals surface area (Å²) in [5.74, 6) is -2.42. The fraction of sp³-hybridized carbons (Fsp3) is 0.238. The minimum Gasteiger partial charge on any atom is -0.483 e. The number of benzene rings is 2. The van der Waals surface area contributed by atoms with Crippen molar-refractivity contribution >= 4 is 41.2 Å². The molecule has 2 aromatic carbocycles. The molecule has 3 N–H and O–H groups in total. The van der Waals surface area contributed by atoms with Crippen molar-refractivity contribution in [3.05, 3.63) is 58.9 Å². The number of rotatable bonds is 8. The Morgan fingerprint density at radius 1 is 1.19 bits per heavy atom. The van der Waals surface area contributed by atoms with E-state index in [4.69, 9.17) is 16.3 Å². The van der Waals surface area contributed by atoms with Gasteiger partial charge in [-0.05, 0) is 43.7 Å². The van der Waals surface area contributed by atoms with Gasteiger partial charge in [-0.1, -0.05) is 30.7 Å². The standard InChI is InChI=1S/C21H22ClFN4O4/c1-3-13(2)25-20(29)21(30)27-24-11-14-6-4-5-7-18(14)31-12-19(28)26-15-8-9-17(23)16(22)10-15/h4-11,13H,3,12H2,1-2H3,(H,25,29)(H,26,28)(H,27,30)/b24-11-/t13-/m0/s1. The lowest BCUT2D eigenvalue weighted by atomic mass is 10.2. The Morgan fingerprint density at radius 3 is 2.65 bits per heavy atom. The molecule has 0 spiro atoms. The van der Waals surface area contributed by atoms with Crippen LogP contribution in [0.4, 0.5) is 10.1 Å². The van der Waals surface area contributed by atoms with Crippen molar-refractivity contribution in [1.29, 1.82) is 0 Å². The Balaban J connectivity index is 1.91. The van der Waals surface area contributed by atoms with Gasteiger partial charge in [0.2, 0.25) is 0 Å². The number of hydrogen-bond acceptors (Lipinski definition) is 5. The van der Waals surface area contributed by atoms with Gasteiger partial charge in [0.25, 0.3) is 5.91 Å². The Labute approximate surface area is 183 Å². The molecule has 8 nitrogen and oxygen atoms in total. The summed E-state index contributed by atoms with van der Waals surface area (Å²) in [6, 6.07) is 10.3. The highest BCUT2D eigenvalue weighted by atomic mass is 35.5. The third-order valence-electron chi connectivity index (χ3n) is 4.05. The lowest BCUT2D eigenvalue weighted by molar-refractivity contribution is -0.139. The summed E-state index contributed by atoms with van der Waals surface area (Å²) in [4.78, 5) is 35.5. The van der Waals surface area contributed by atoms with Crippen LogP contribution in [0.25, 0.3) is 0 Å². The molecular weight excluding hydrogens is 427 g/mol.